The maximum Gasteiger partial charge on any atom is 0.314 e. The lowest BCUT2D eigenvalue weighted by molar-refractivity contribution is 0.129. The van der Waals surface area contributed by atoms with Gasteiger partial charge in [0.1, 0.15) is 0 Å². The van der Waals surface area contributed by atoms with Crippen molar-refractivity contribution in [2.24, 2.45) is 5.41 Å². The van der Waals surface area contributed by atoms with Gasteiger partial charge >= 0.3 is 6.03 Å². The van der Waals surface area contributed by atoms with E-state index in [2.05, 4.69) is 48.7 Å². The third-order valence-electron chi connectivity index (χ3n) is 3.79. The van der Waals surface area contributed by atoms with E-state index >= 15 is 0 Å². The molecule has 4 nitrogen and oxygen atoms in total. The number of carbonyl (C=O) groups is 1. The monoisotopic (exact) mass is 306 g/mol. The summed E-state index contributed by atoms with van der Waals surface area (Å²) in [5.74, 6) is 0.275. The number of amides is 2. The van der Waals surface area contributed by atoms with Crippen LogP contribution in [-0.2, 0) is 0 Å². The van der Waals surface area contributed by atoms with Crippen LogP contribution in [0.4, 0.5) is 4.79 Å². The molecule has 0 aliphatic heterocycles. The Kier molecular flexibility index (Phi) is 6.88. The van der Waals surface area contributed by atoms with E-state index in [1.165, 1.54) is 11.1 Å². The Bertz CT molecular complexity index is 466. The second-order valence-corrected chi connectivity index (χ2v) is 7.09. The van der Waals surface area contributed by atoms with Gasteiger partial charge in [-0.3, -0.25) is 0 Å². The second kappa shape index (κ2) is 8.18. The Labute approximate surface area is 134 Å². The highest BCUT2D eigenvalue weighted by molar-refractivity contribution is 5.73. The fourth-order valence-electron chi connectivity index (χ4n) is 2.51. The van der Waals surface area contributed by atoms with Crippen molar-refractivity contribution in [3.63, 3.8) is 0 Å². The van der Waals surface area contributed by atoms with Crippen LogP contribution in [0, 0.1) is 12.3 Å². The van der Waals surface area contributed by atoms with Gasteiger partial charge in [-0.25, -0.2) is 4.79 Å². The molecular weight excluding hydrogens is 276 g/mol. The first-order chi connectivity index (χ1) is 10.2. The number of benzene rings is 1. The predicted molar refractivity (Wildman–Crippen MR) is 91.1 cm³/mol. The van der Waals surface area contributed by atoms with Gasteiger partial charge in [-0.1, -0.05) is 50.6 Å². The van der Waals surface area contributed by atoms with Crippen molar-refractivity contribution in [3.05, 3.63) is 35.4 Å². The van der Waals surface area contributed by atoms with Gasteiger partial charge < -0.3 is 15.7 Å². The number of rotatable bonds is 7. The number of hydrogen-bond acceptors (Lipinski definition) is 2. The Morgan fingerprint density at radius 3 is 2.32 bits per heavy atom. The quantitative estimate of drug-likeness (QED) is 0.724. The summed E-state index contributed by atoms with van der Waals surface area (Å²) in [4.78, 5) is 11.9. The lowest BCUT2D eigenvalue weighted by Crippen LogP contribution is -2.42. The van der Waals surface area contributed by atoms with Crippen molar-refractivity contribution >= 4 is 6.03 Å². The Morgan fingerprint density at radius 1 is 1.18 bits per heavy atom. The second-order valence-electron chi connectivity index (χ2n) is 7.09. The average Bonchev–Trinajstić information content (AvgIpc) is 2.42. The SMILES string of the molecule is Cc1ccc(C(C)CNC(=O)NCC(C)(C)CC(C)O)cc1. The minimum Gasteiger partial charge on any atom is -0.393 e. The molecule has 1 rings (SSSR count). The highest BCUT2D eigenvalue weighted by Gasteiger charge is 2.21. The van der Waals surface area contributed by atoms with Crippen LogP contribution in [0.5, 0.6) is 0 Å². The van der Waals surface area contributed by atoms with Gasteiger partial charge in [-0.15, -0.1) is 0 Å². The van der Waals surface area contributed by atoms with Gasteiger partial charge in [0, 0.05) is 13.1 Å². The van der Waals surface area contributed by atoms with Crippen molar-refractivity contribution in [1.29, 1.82) is 0 Å². The zero-order valence-electron chi connectivity index (χ0n) is 14.4. The van der Waals surface area contributed by atoms with Gasteiger partial charge in [0.2, 0.25) is 0 Å². The predicted octanol–water partition coefficient (Wildman–Crippen LogP) is 3.19. The molecule has 1 aromatic carbocycles. The molecule has 0 aliphatic rings. The smallest absolute Gasteiger partial charge is 0.314 e. The summed E-state index contributed by atoms with van der Waals surface area (Å²) >= 11 is 0. The number of aryl methyl sites for hydroxylation is 1. The number of urea groups is 1. The van der Waals surface area contributed by atoms with E-state index in [9.17, 15) is 9.90 Å². The molecule has 124 valence electrons. The van der Waals surface area contributed by atoms with E-state index < -0.39 is 0 Å². The Morgan fingerprint density at radius 2 is 1.77 bits per heavy atom. The first-order valence-corrected chi connectivity index (χ1v) is 7.96. The topological polar surface area (TPSA) is 61.4 Å². The van der Waals surface area contributed by atoms with Crippen LogP contribution >= 0.6 is 0 Å². The molecule has 0 aromatic heterocycles. The summed E-state index contributed by atoms with van der Waals surface area (Å²) in [7, 11) is 0. The molecule has 0 fully saturated rings. The summed E-state index contributed by atoms with van der Waals surface area (Å²) in [5.41, 5.74) is 2.34. The summed E-state index contributed by atoms with van der Waals surface area (Å²) < 4.78 is 0. The van der Waals surface area contributed by atoms with Gasteiger partial charge in [0.05, 0.1) is 6.10 Å². The van der Waals surface area contributed by atoms with Crippen LogP contribution in [0.2, 0.25) is 0 Å². The fourth-order valence-corrected chi connectivity index (χ4v) is 2.51. The zero-order chi connectivity index (χ0) is 16.8. The van der Waals surface area contributed by atoms with Crippen molar-refractivity contribution in [1.82, 2.24) is 10.6 Å². The van der Waals surface area contributed by atoms with Crippen molar-refractivity contribution in [3.8, 4) is 0 Å². The summed E-state index contributed by atoms with van der Waals surface area (Å²) in [6.07, 6.45) is 0.300. The first kappa shape index (κ1) is 18.5. The van der Waals surface area contributed by atoms with E-state index in [4.69, 9.17) is 0 Å². The Hall–Kier alpha value is -1.55. The van der Waals surface area contributed by atoms with E-state index in [-0.39, 0.29) is 23.5 Å². The molecule has 0 heterocycles. The molecular formula is C18H30N2O2. The molecule has 0 saturated heterocycles. The minimum absolute atomic E-state index is 0.117. The molecule has 22 heavy (non-hydrogen) atoms. The number of aliphatic hydroxyl groups excluding tert-OH is 1. The van der Waals surface area contributed by atoms with Crippen LogP contribution in [0.15, 0.2) is 24.3 Å². The maximum atomic E-state index is 11.9. The number of aliphatic hydroxyl groups is 1. The molecule has 3 N–H and O–H groups in total. The standard InChI is InChI=1S/C18H30N2O2/c1-13-6-8-16(9-7-13)14(2)11-19-17(22)20-12-18(4,5)10-15(3)21/h6-9,14-15,21H,10-12H2,1-5H3,(H2,19,20,22). The molecule has 2 atom stereocenters. The number of carbonyl (C=O) groups excluding carboxylic acids is 1. The molecule has 1 aromatic rings. The summed E-state index contributed by atoms with van der Waals surface area (Å²) in [6.45, 7) is 11.2. The van der Waals surface area contributed by atoms with E-state index in [1.807, 2.05) is 13.8 Å². The molecule has 2 unspecified atom stereocenters. The molecule has 0 bridgehead atoms. The summed E-state index contributed by atoms with van der Waals surface area (Å²) in [5, 5.41) is 15.2. The third kappa shape index (κ3) is 6.94. The molecule has 0 aliphatic carbocycles. The minimum atomic E-state index is -0.360. The van der Waals surface area contributed by atoms with E-state index in [1.54, 1.807) is 6.92 Å². The average molecular weight is 306 g/mol. The lowest BCUT2D eigenvalue weighted by Gasteiger charge is -2.26. The molecule has 0 radical (unpaired) electrons. The van der Waals surface area contributed by atoms with Crippen LogP contribution in [0.1, 0.15) is 51.2 Å². The normalized spacial score (nSPS) is 14.3. The van der Waals surface area contributed by atoms with Crippen molar-refractivity contribution in [2.45, 2.75) is 53.1 Å². The number of hydrogen-bond donors (Lipinski definition) is 3. The highest BCUT2D eigenvalue weighted by Crippen LogP contribution is 2.21. The molecule has 2 amide bonds. The van der Waals surface area contributed by atoms with E-state index in [0.717, 1.165) is 0 Å². The van der Waals surface area contributed by atoms with Crippen molar-refractivity contribution < 1.29 is 9.90 Å². The van der Waals surface area contributed by atoms with E-state index in [0.29, 0.717) is 19.5 Å². The van der Waals surface area contributed by atoms with Crippen LogP contribution in [0.3, 0.4) is 0 Å². The van der Waals surface area contributed by atoms with Crippen LogP contribution in [0.25, 0.3) is 0 Å². The third-order valence-corrected chi connectivity index (χ3v) is 3.79. The van der Waals surface area contributed by atoms with Crippen LogP contribution in [-0.4, -0.2) is 30.3 Å². The lowest BCUT2D eigenvalue weighted by atomic mass is 9.87. The first-order valence-electron chi connectivity index (χ1n) is 7.96. The highest BCUT2D eigenvalue weighted by atomic mass is 16.3. The maximum absolute atomic E-state index is 11.9. The Balaban J connectivity index is 2.35. The fraction of sp³-hybridized carbons (Fsp3) is 0.611. The largest absolute Gasteiger partial charge is 0.393 e. The van der Waals surface area contributed by atoms with Crippen LogP contribution < -0.4 is 10.6 Å². The summed E-state index contributed by atoms with van der Waals surface area (Å²) in [6, 6.07) is 8.23. The van der Waals surface area contributed by atoms with Gasteiger partial charge in [-0.05, 0) is 37.2 Å². The molecule has 0 saturated carbocycles. The molecule has 0 spiro atoms. The van der Waals surface area contributed by atoms with Crippen molar-refractivity contribution in [2.75, 3.05) is 13.1 Å². The number of nitrogens with one attached hydrogen (secondary N) is 2. The van der Waals surface area contributed by atoms with Gasteiger partial charge in [-0.2, -0.15) is 0 Å². The van der Waals surface area contributed by atoms with Gasteiger partial charge in [0.15, 0.2) is 0 Å². The molecule has 4 heteroatoms. The van der Waals surface area contributed by atoms with Gasteiger partial charge in [0.25, 0.3) is 0 Å². The zero-order valence-corrected chi connectivity index (χ0v) is 14.4.